The maximum atomic E-state index is 12.2. The van der Waals surface area contributed by atoms with E-state index in [0.29, 0.717) is 21.6 Å². The maximum absolute atomic E-state index is 12.2. The minimum atomic E-state index is -0.597. The molecule has 8 heteroatoms. The zero-order valence-electron chi connectivity index (χ0n) is 12.6. The molecule has 0 radical (unpaired) electrons. The summed E-state index contributed by atoms with van der Waals surface area (Å²) in [6.45, 7) is 1.92. The second-order valence-corrected chi connectivity index (χ2v) is 5.89. The highest BCUT2D eigenvalue weighted by atomic mass is 32.1. The van der Waals surface area contributed by atoms with Gasteiger partial charge in [0.2, 0.25) is 5.13 Å². The molecule has 7 nitrogen and oxygen atoms in total. The van der Waals surface area contributed by atoms with E-state index in [4.69, 9.17) is 0 Å². The highest BCUT2D eigenvalue weighted by Gasteiger charge is 2.17. The molecular formula is C16H12N4O3S. The zero-order valence-corrected chi connectivity index (χ0v) is 13.4. The van der Waals surface area contributed by atoms with Crippen molar-refractivity contribution in [3.63, 3.8) is 0 Å². The molecule has 0 aliphatic carbocycles. The number of carbonyl (C=O) groups excluding carboxylic acids is 2. The number of hydrogen-bond donors (Lipinski definition) is 1. The predicted octanol–water partition coefficient (Wildman–Crippen LogP) is 1.95. The molecule has 24 heavy (non-hydrogen) atoms. The molecule has 1 amide bonds. The second kappa shape index (κ2) is 6.55. The number of nitrogens with zero attached hydrogens (tertiary/aromatic N) is 3. The van der Waals surface area contributed by atoms with Gasteiger partial charge < -0.3 is 0 Å². The number of benzene rings is 1. The van der Waals surface area contributed by atoms with Crippen LogP contribution in [0.15, 0.2) is 53.6 Å². The monoisotopic (exact) mass is 340 g/mol. The third-order valence-corrected chi connectivity index (χ3v) is 3.91. The van der Waals surface area contributed by atoms with Crippen LogP contribution in [0.5, 0.6) is 0 Å². The molecule has 1 aromatic carbocycles. The van der Waals surface area contributed by atoms with Gasteiger partial charge in [-0.1, -0.05) is 17.7 Å². The van der Waals surface area contributed by atoms with Gasteiger partial charge in [0.1, 0.15) is 0 Å². The van der Waals surface area contributed by atoms with E-state index in [0.717, 1.165) is 5.56 Å². The molecule has 2 heterocycles. The van der Waals surface area contributed by atoms with Crippen LogP contribution >= 0.6 is 11.3 Å². The number of amides is 1. The van der Waals surface area contributed by atoms with Crippen molar-refractivity contribution in [2.75, 3.05) is 5.32 Å². The van der Waals surface area contributed by atoms with E-state index in [2.05, 4.69) is 15.4 Å². The van der Waals surface area contributed by atoms with Crippen LogP contribution in [0.25, 0.3) is 0 Å². The highest BCUT2D eigenvalue weighted by molar-refractivity contribution is 7.13. The van der Waals surface area contributed by atoms with Crippen molar-refractivity contribution in [3.8, 4) is 0 Å². The first-order chi connectivity index (χ1) is 11.5. The lowest BCUT2D eigenvalue weighted by atomic mass is 10.1. The lowest BCUT2D eigenvalue weighted by Gasteiger charge is -2.01. The lowest BCUT2D eigenvalue weighted by molar-refractivity contribution is 0.0939. The van der Waals surface area contributed by atoms with Gasteiger partial charge >= 0.3 is 4.87 Å². The Kier molecular flexibility index (Phi) is 4.30. The Labute approximate surface area is 140 Å². The molecule has 0 aliphatic rings. The van der Waals surface area contributed by atoms with Crippen LogP contribution in [-0.4, -0.2) is 26.6 Å². The molecule has 3 rings (SSSR count). The van der Waals surface area contributed by atoms with Crippen LogP contribution in [0.4, 0.5) is 5.13 Å². The van der Waals surface area contributed by atoms with Gasteiger partial charge in [0.25, 0.3) is 11.8 Å². The van der Waals surface area contributed by atoms with Crippen molar-refractivity contribution in [2.24, 2.45) is 0 Å². The third kappa shape index (κ3) is 3.28. The van der Waals surface area contributed by atoms with Gasteiger partial charge in [-0.25, -0.2) is 0 Å². The topological polar surface area (TPSA) is 93.9 Å². The number of pyridine rings is 1. The molecule has 1 N–H and O–H groups in total. The summed E-state index contributed by atoms with van der Waals surface area (Å²) in [5.74, 6) is -0.995. The summed E-state index contributed by atoms with van der Waals surface area (Å²) < 4.78 is 0.715. The van der Waals surface area contributed by atoms with Crippen molar-refractivity contribution in [1.82, 2.24) is 14.8 Å². The third-order valence-electron chi connectivity index (χ3n) is 3.18. The Balaban J connectivity index is 1.81. The van der Waals surface area contributed by atoms with E-state index in [-0.39, 0.29) is 10.7 Å². The van der Waals surface area contributed by atoms with Crippen LogP contribution in [-0.2, 0) is 0 Å². The minimum Gasteiger partial charge on any atom is -0.296 e. The summed E-state index contributed by atoms with van der Waals surface area (Å²) in [6.07, 6.45) is 2.87. The van der Waals surface area contributed by atoms with Crippen molar-refractivity contribution in [1.29, 1.82) is 0 Å². The van der Waals surface area contributed by atoms with Crippen LogP contribution in [0.3, 0.4) is 0 Å². The Morgan fingerprint density at radius 1 is 1.12 bits per heavy atom. The Morgan fingerprint density at radius 2 is 1.88 bits per heavy atom. The smallest absolute Gasteiger partial charge is 0.296 e. The van der Waals surface area contributed by atoms with E-state index in [9.17, 15) is 14.4 Å². The summed E-state index contributed by atoms with van der Waals surface area (Å²) >= 11 is 0.687. The number of hydrogen-bond acceptors (Lipinski definition) is 6. The van der Waals surface area contributed by atoms with Crippen molar-refractivity contribution in [2.45, 2.75) is 6.92 Å². The van der Waals surface area contributed by atoms with E-state index in [1.807, 2.05) is 19.1 Å². The van der Waals surface area contributed by atoms with Gasteiger partial charge in [-0.05, 0) is 42.5 Å². The first kappa shape index (κ1) is 15.8. The van der Waals surface area contributed by atoms with Crippen LogP contribution in [0.1, 0.15) is 26.3 Å². The van der Waals surface area contributed by atoms with Gasteiger partial charge in [-0.3, -0.25) is 24.7 Å². The largest absolute Gasteiger partial charge is 0.334 e. The van der Waals surface area contributed by atoms with Gasteiger partial charge in [0.15, 0.2) is 0 Å². The molecule has 0 fully saturated rings. The number of aromatic nitrogens is 3. The van der Waals surface area contributed by atoms with Crippen LogP contribution in [0.2, 0.25) is 0 Å². The second-order valence-electron chi connectivity index (χ2n) is 4.95. The number of aryl methyl sites for hydroxylation is 1. The molecule has 3 aromatic rings. The molecule has 0 spiro atoms. The first-order valence-corrected chi connectivity index (χ1v) is 7.79. The SMILES string of the molecule is Cc1ccc(C(=O)Nc2nn(C(=O)c3cccnc3)c(=O)s2)cc1. The average molecular weight is 340 g/mol. The summed E-state index contributed by atoms with van der Waals surface area (Å²) in [6, 6.07) is 10.1. The fourth-order valence-corrected chi connectivity index (χ4v) is 2.58. The fourth-order valence-electron chi connectivity index (χ4n) is 1.94. The van der Waals surface area contributed by atoms with E-state index in [1.165, 1.54) is 18.5 Å². The standard InChI is InChI=1S/C16H12N4O3S/c1-10-4-6-11(7-5-10)13(21)18-15-19-20(16(23)24-15)14(22)12-3-2-8-17-9-12/h2-9H,1H3,(H,18,19,21). The molecule has 120 valence electrons. The molecule has 2 aromatic heterocycles. The van der Waals surface area contributed by atoms with Crippen LogP contribution < -0.4 is 10.2 Å². The molecule has 0 saturated heterocycles. The van der Waals surface area contributed by atoms with Crippen molar-refractivity contribution < 1.29 is 9.59 Å². The quantitative estimate of drug-likeness (QED) is 0.786. The van der Waals surface area contributed by atoms with Gasteiger partial charge in [0, 0.05) is 18.0 Å². The normalized spacial score (nSPS) is 10.4. The summed E-state index contributed by atoms with van der Waals surface area (Å²) in [7, 11) is 0. The molecule has 0 saturated carbocycles. The number of anilines is 1. The Bertz CT molecular complexity index is 945. The highest BCUT2D eigenvalue weighted by Crippen LogP contribution is 2.11. The maximum Gasteiger partial charge on any atom is 0.334 e. The lowest BCUT2D eigenvalue weighted by Crippen LogP contribution is -2.24. The number of nitrogens with one attached hydrogen (secondary N) is 1. The first-order valence-electron chi connectivity index (χ1n) is 6.97. The van der Waals surface area contributed by atoms with Gasteiger partial charge in [0.05, 0.1) is 5.56 Å². The molecular weight excluding hydrogens is 328 g/mol. The summed E-state index contributed by atoms with van der Waals surface area (Å²) in [5.41, 5.74) is 1.71. The van der Waals surface area contributed by atoms with Crippen molar-refractivity contribution in [3.05, 3.63) is 75.1 Å². The van der Waals surface area contributed by atoms with Crippen molar-refractivity contribution >= 4 is 28.3 Å². The Morgan fingerprint density at radius 3 is 2.54 bits per heavy atom. The van der Waals surface area contributed by atoms with E-state index < -0.39 is 16.7 Å². The van der Waals surface area contributed by atoms with Gasteiger partial charge in [-0.15, -0.1) is 9.78 Å². The fraction of sp³-hybridized carbons (Fsp3) is 0.0625. The Hall–Kier alpha value is -3.13. The zero-order chi connectivity index (χ0) is 17.1. The minimum absolute atomic E-state index is 0.0582. The molecule has 0 bridgehead atoms. The number of rotatable bonds is 3. The van der Waals surface area contributed by atoms with Gasteiger partial charge in [-0.2, -0.15) is 0 Å². The summed E-state index contributed by atoms with van der Waals surface area (Å²) in [4.78, 5) is 39.6. The average Bonchev–Trinajstić information content (AvgIpc) is 2.95. The predicted molar refractivity (Wildman–Crippen MR) is 89.5 cm³/mol. The van der Waals surface area contributed by atoms with E-state index >= 15 is 0 Å². The molecule has 0 aliphatic heterocycles. The van der Waals surface area contributed by atoms with E-state index in [1.54, 1.807) is 18.2 Å². The summed E-state index contributed by atoms with van der Waals surface area (Å²) in [5, 5.41) is 6.47. The van der Waals surface area contributed by atoms with Crippen LogP contribution in [0, 0.1) is 6.92 Å². The number of carbonyl (C=O) groups is 2. The molecule has 0 unspecified atom stereocenters. The molecule has 0 atom stereocenters.